The summed E-state index contributed by atoms with van der Waals surface area (Å²) in [5.41, 5.74) is 1.13. The van der Waals surface area contributed by atoms with Crippen molar-refractivity contribution in [2.45, 2.75) is 13.8 Å². The summed E-state index contributed by atoms with van der Waals surface area (Å²) in [6.45, 7) is 11.0. The summed E-state index contributed by atoms with van der Waals surface area (Å²) in [5, 5.41) is 10.4. The van der Waals surface area contributed by atoms with Crippen molar-refractivity contribution in [3.63, 3.8) is 0 Å². The van der Waals surface area contributed by atoms with Crippen LogP contribution in [0, 0.1) is 13.8 Å². The number of carboxylic acids is 1. The molecule has 2 N–H and O–H groups in total. The van der Waals surface area contributed by atoms with Gasteiger partial charge in [-0.15, -0.1) is 6.54 Å². The van der Waals surface area contributed by atoms with Gasteiger partial charge in [-0.1, -0.05) is 32.0 Å². The number of halogens is 2. The van der Waals surface area contributed by atoms with Crippen LogP contribution in [-0.4, -0.2) is 17.6 Å². The van der Waals surface area contributed by atoms with Gasteiger partial charge >= 0.3 is 0 Å². The van der Waals surface area contributed by atoms with Crippen LogP contribution in [-0.2, 0) is 37.5 Å². The number of aliphatic carboxylic acids is 1. The predicted octanol–water partition coefficient (Wildman–Crippen LogP) is 4.63. The molecule has 103 valence electrons. The van der Waals surface area contributed by atoms with E-state index in [2.05, 4.69) is 56.4 Å². The maximum Gasteiger partial charge on any atom is 0.161 e. The van der Waals surface area contributed by atoms with Gasteiger partial charge < -0.3 is 17.3 Å². The first-order chi connectivity index (χ1) is 8.16. The topological polar surface area (TPSA) is 49.3 Å². The molecule has 0 atom stereocenters. The van der Waals surface area contributed by atoms with Gasteiger partial charge in [-0.2, -0.15) is 0 Å². The SMILES string of the molecule is CC.II.[CH2-]C(=O)O.[CH2-]CNc1ccccc1.[Y]. The Morgan fingerprint density at radius 3 is 1.89 bits per heavy atom. The summed E-state index contributed by atoms with van der Waals surface area (Å²) in [7, 11) is 0. The number of rotatable bonds is 2. The maximum absolute atomic E-state index is 8.89. The number of carboxylic acid groups (broad SMARTS) is 1. The monoisotopic (exact) mass is 552 g/mol. The molecule has 0 aromatic heterocycles. The van der Waals surface area contributed by atoms with E-state index < -0.39 is 5.97 Å². The molecule has 0 aliphatic carbocycles. The molecular weight excluding hydrogens is 533 g/mol. The first kappa shape index (κ1) is 27.3. The number of hydrogen-bond acceptors (Lipinski definition) is 2. The van der Waals surface area contributed by atoms with Crippen LogP contribution in [0.1, 0.15) is 13.8 Å². The average molecular weight is 552 g/mol. The molecule has 3 nitrogen and oxygen atoms in total. The van der Waals surface area contributed by atoms with E-state index in [0.29, 0.717) is 0 Å². The number of anilines is 1. The molecule has 18 heavy (non-hydrogen) atoms. The summed E-state index contributed by atoms with van der Waals surface area (Å²) in [5.74, 6) is -1.08. The van der Waals surface area contributed by atoms with Gasteiger partial charge in [-0.3, -0.25) is 11.7 Å². The van der Waals surface area contributed by atoms with E-state index in [-0.39, 0.29) is 32.7 Å². The maximum atomic E-state index is 8.89. The summed E-state index contributed by atoms with van der Waals surface area (Å²) in [6.07, 6.45) is 0. The Labute approximate surface area is 159 Å². The van der Waals surface area contributed by atoms with Gasteiger partial charge in [0.05, 0.1) is 0 Å². The van der Waals surface area contributed by atoms with E-state index in [1.165, 1.54) is 0 Å². The zero-order chi connectivity index (χ0) is 14.1. The minimum absolute atomic E-state index is 0. The van der Waals surface area contributed by atoms with Crippen molar-refractivity contribution in [3.8, 4) is 0 Å². The van der Waals surface area contributed by atoms with Gasteiger partial charge in [0.1, 0.15) is 0 Å². The largest absolute Gasteiger partial charge is 0.503 e. The van der Waals surface area contributed by atoms with E-state index in [1.54, 1.807) is 0 Å². The van der Waals surface area contributed by atoms with Crippen LogP contribution < -0.4 is 5.32 Å². The van der Waals surface area contributed by atoms with Crippen molar-refractivity contribution in [1.82, 2.24) is 0 Å². The number of carbonyl (C=O) groups is 1. The Bertz CT molecular complexity index is 245. The van der Waals surface area contributed by atoms with E-state index >= 15 is 0 Å². The van der Waals surface area contributed by atoms with Crippen LogP contribution in [0.5, 0.6) is 0 Å². The van der Waals surface area contributed by atoms with Gasteiger partial charge in [-0.25, -0.2) is 0 Å². The van der Waals surface area contributed by atoms with Gasteiger partial charge in [0, 0.05) is 75.6 Å². The summed E-state index contributed by atoms with van der Waals surface area (Å²) >= 11 is 4.24. The van der Waals surface area contributed by atoms with E-state index in [1.807, 2.05) is 44.2 Å². The van der Waals surface area contributed by atoms with E-state index in [9.17, 15) is 0 Å². The number of para-hydroxylation sites is 1. The third-order valence-corrected chi connectivity index (χ3v) is 1.10. The predicted molar refractivity (Wildman–Crippen MR) is 92.7 cm³/mol. The number of nitrogens with one attached hydrogen (secondary N) is 1. The molecule has 0 amide bonds. The molecule has 0 saturated carbocycles. The first-order valence-corrected chi connectivity index (χ1v) is 11.2. The van der Waals surface area contributed by atoms with Crippen LogP contribution in [0.25, 0.3) is 0 Å². The second-order valence-electron chi connectivity index (χ2n) is 2.19. The summed E-state index contributed by atoms with van der Waals surface area (Å²) in [4.78, 5) is 8.89. The Hall–Kier alpha value is 0.924. The normalized spacial score (nSPS) is 6.50. The van der Waals surface area contributed by atoms with Crippen molar-refractivity contribution < 1.29 is 42.6 Å². The molecule has 1 rings (SSSR count). The fourth-order valence-electron chi connectivity index (χ4n) is 0.700. The number of hydrogen-bond donors (Lipinski definition) is 2. The van der Waals surface area contributed by atoms with Crippen LogP contribution in [0.2, 0.25) is 0 Å². The quantitative estimate of drug-likeness (QED) is 0.416. The molecule has 1 aromatic carbocycles. The van der Waals surface area contributed by atoms with Gasteiger partial charge in [0.2, 0.25) is 0 Å². The van der Waals surface area contributed by atoms with Crippen molar-refractivity contribution in [2.24, 2.45) is 0 Å². The summed E-state index contributed by atoms with van der Waals surface area (Å²) in [6, 6.07) is 10.0. The molecule has 0 spiro atoms. The Morgan fingerprint density at radius 1 is 1.28 bits per heavy atom. The fraction of sp³-hybridized carbons (Fsp3) is 0.250. The average Bonchev–Trinajstić information content (AvgIpc) is 2.35. The first-order valence-electron chi connectivity index (χ1n) is 4.94. The number of benzene rings is 1. The minimum Gasteiger partial charge on any atom is -0.503 e. The second-order valence-corrected chi connectivity index (χ2v) is 2.19. The third kappa shape index (κ3) is 30.2. The second kappa shape index (κ2) is 26.5. The van der Waals surface area contributed by atoms with Crippen LogP contribution in [0.3, 0.4) is 0 Å². The fourth-order valence-corrected chi connectivity index (χ4v) is 0.700. The molecule has 0 aliphatic heterocycles. The van der Waals surface area contributed by atoms with Crippen molar-refractivity contribution >= 4 is 48.9 Å². The van der Waals surface area contributed by atoms with Gasteiger partial charge in [0.25, 0.3) is 0 Å². The van der Waals surface area contributed by atoms with Gasteiger partial charge in [-0.05, 0) is 12.1 Å². The minimum atomic E-state index is -1.08. The van der Waals surface area contributed by atoms with Crippen molar-refractivity contribution in [1.29, 1.82) is 0 Å². The van der Waals surface area contributed by atoms with Crippen LogP contribution in [0.4, 0.5) is 5.69 Å². The standard InChI is InChI=1S/C8H10N.C2H3O2.C2H6.I2.Y/c1-2-9-8-6-4-3-5-7-8;1-2(3)4;2*1-2;/h3-7,9H,1-2H2;1H2,(H,3,4);1-2H3;;/q2*-1;;;. The molecular formula is C12H19I2NO2Y-2. The Morgan fingerprint density at radius 2 is 1.61 bits per heavy atom. The van der Waals surface area contributed by atoms with Gasteiger partial charge in [0.15, 0.2) is 5.97 Å². The molecule has 0 heterocycles. The molecule has 0 fully saturated rings. The van der Waals surface area contributed by atoms with Crippen LogP contribution in [0.15, 0.2) is 30.3 Å². The van der Waals surface area contributed by atoms with Crippen molar-refractivity contribution in [3.05, 3.63) is 44.2 Å². The summed E-state index contributed by atoms with van der Waals surface area (Å²) < 4.78 is 0. The third-order valence-electron chi connectivity index (χ3n) is 1.10. The molecule has 1 aromatic rings. The molecule has 6 heteroatoms. The molecule has 1 radical (unpaired) electrons. The zero-order valence-electron chi connectivity index (χ0n) is 10.7. The Balaban J connectivity index is -0.0000000937. The smallest absolute Gasteiger partial charge is 0.161 e. The molecule has 0 saturated heterocycles. The molecule has 0 unspecified atom stereocenters. The van der Waals surface area contributed by atoms with E-state index in [4.69, 9.17) is 9.90 Å². The van der Waals surface area contributed by atoms with Crippen molar-refractivity contribution in [2.75, 3.05) is 11.9 Å². The molecule has 0 bridgehead atoms. The molecule has 0 aliphatic rings. The van der Waals surface area contributed by atoms with E-state index in [0.717, 1.165) is 12.2 Å². The zero-order valence-corrected chi connectivity index (χ0v) is 17.9. The van der Waals surface area contributed by atoms with Crippen LogP contribution >= 0.6 is 37.2 Å². The Kier molecular flexibility index (Phi) is 40.2.